The summed E-state index contributed by atoms with van der Waals surface area (Å²) in [6, 6.07) is -0.255. The van der Waals surface area contributed by atoms with Gasteiger partial charge in [0.25, 0.3) is 0 Å². The van der Waals surface area contributed by atoms with Crippen molar-refractivity contribution in [3.05, 3.63) is 0 Å². The Hall–Kier alpha value is -0.770. The van der Waals surface area contributed by atoms with Crippen molar-refractivity contribution in [1.29, 1.82) is 0 Å². The molecule has 0 aromatic heterocycles. The van der Waals surface area contributed by atoms with Crippen LogP contribution in [0.15, 0.2) is 0 Å². The molecule has 0 bridgehead atoms. The zero-order chi connectivity index (χ0) is 12.0. The molecule has 1 aliphatic rings. The molecular weight excluding hydrogens is 228 g/mol. The second-order valence-corrected chi connectivity index (χ2v) is 4.64. The lowest BCUT2D eigenvalue weighted by Crippen LogP contribution is -2.47. The normalized spacial score (nSPS) is 25.6. The SMILES string of the molecule is CC1CCCCCC1NC(=O)NC(=O)CCl. The van der Waals surface area contributed by atoms with E-state index in [1.54, 1.807) is 0 Å². The Bertz CT molecular complexity index is 258. The number of alkyl halides is 1. The van der Waals surface area contributed by atoms with E-state index in [9.17, 15) is 9.59 Å². The highest BCUT2D eigenvalue weighted by atomic mass is 35.5. The van der Waals surface area contributed by atoms with Gasteiger partial charge in [0.2, 0.25) is 5.91 Å². The van der Waals surface area contributed by atoms with Crippen molar-refractivity contribution in [1.82, 2.24) is 10.6 Å². The van der Waals surface area contributed by atoms with Gasteiger partial charge in [-0.25, -0.2) is 4.79 Å². The second-order valence-electron chi connectivity index (χ2n) is 4.38. The maximum absolute atomic E-state index is 11.4. The molecule has 2 atom stereocenters. The van der Waals surface area contributed by atoms with Crippen molar-refractivity contribution in [2.75, 3.05) is 5.88 Å². The van der Waals surface area contributed by atoms with Gasteiger partial charge in [0, 0.05) is 6.04 Å². The molecule has 0 spiro atoms. The smallest absolute Gasteiger partial charge is 0.321 e. The minimum Gasteiger partial charge on any atom is -0.335 e. The van der Waals surface area contributed by atoms with Crippen molar-refractivity contribution in [3.63, 3.8) is 0 Å². The Morgan fingerprint density at radius 1 is 1.25 bits per heavy atom. The van der Waals surface area contributed by atoms with E-state index in [4.69, 9.17) is 11.6 Å². The van der Waals surface area contributed by atoms with Gasteiger partial charge in [0.15, 0.2) is 0 Å². The third-order valence-electron chi connectivity index (χ3n) is 3.05. The fourth-order valence-electron chi connectivity index (χ4n) is 2.07. The first kappa shape index (κ1) is 13.3. The number of imide groups is 1. The van der Waals surface area contributed by atoms with Crippen LogP contribution >= 0.6 is 11.6 Å². The molecule has 1 rings (SSSR count). The number of urea groups is 1. The number of nitrogens with one attached hydrogen (secondary N) is 2. The third kappa shape index (κ3) is 4.39. The van der Waals surface area contributed by atoms with Crippen LogP contribution in [-0.2, 0) is 4.79 Å². The third-order valence-corrected chi connectivity index (χ3v) is 3.30. The maximum atomic E-state index is 11.4. The summed E-state index contributed by atoms with van der Waals surface area (Å²) in [4.78, 5) is 22.3. The number of carbonyl (C=O) groups excluding carboxylic acids is 2. The minimum atomic E-state index is -0.458. The molecule has 0 radical (unpaired) electrons. The standard InChI is InChI=1S/C11H19ClN2O2/c1-8-5-3-2-4-6-9(8)13-11(16)14-10(15)7-12/h8-9H,2-7H2,1H3,(H2,13,14,15,16). The van der Waals surface area contributed by atoms with Crippen molar-refractivity contribution >= 4 is 23.5 Å². The number of hydrogen-bond acceptors (Lipinski definition) is 2. The molecule has 2 unspecified atom stereocenters. The number of hydrogen-bond donors (Lipinski definition) is 2. The van der Waals surface area contributed by atoms with Gasteiger partial charge in [-0.1, -0.05) is 26.2 Å². The lowest BCUT2D eigenvalue weighted by molar-refractivity contribution is -0.117. The van der Waals surface area contributed by atoms with Gasteiger partial charge in [-0.05, 0) is 18.8 Å². The molecule has 5 heteroatoms. The van der Waals surface area contributed by atoms with Crippen molar-refractivity contribution in [3.8, 4) is 0 Å². The largest absolute Gasteiger partial charge is 0.335 e. The lowest BCUT2D eigenvalue weighted by Gasteiger charge is -2.22. The summed E-state index contributed by atoms with van der Waals surface area (Å²) in [5.41, 5.74) is 0. The van der Waals surface area contributed by atoms with Crippen molar-refractivity contribution in [2.45, 2.75) is 45.1 Å². The highest BCUT2D eigenvalue weighted by Crippen LogP contribution is 2.22. The number of amides is 3. The molecule has 2 N–H and O–H groups in total. The summed E-state index contributed by atoms with van der Waals surface area (Å²) in [7, 11) is 0. The van der Waals surface area contributed by atoms with E-state index in [2.05, 4.69) is 17.6 Å². The summed E-state index contributed by atoms with van der Waals surface area (Å²) < 4.78 is 0. The summed E-state index contributed by atoms with van der Waals surface area (Å²) in [6.07, 6.45) is 5.71. The Balaban J connectivity index is 2.38. The van der Waals surface area contributed by atoms with Crippen molar-refractivity contribution in [2.24, 2.45) is 5.92 Å². The highest BCUT2D eigenvalue weighted by Gasteiger charge is 2.21. The van der Waals surface area contributed by atoms with E-state index < -0.39 is 11.9 Å². The maximum Gasteiger partial charge on any atom is 0.321 e. The van der Waals surface area contributed by atoms with Gasteiger partial charge in [-0.3, -0.25) is 10.1 Å². The topological polar surface area (TPSA) is 58.2 Å². The van der Waals surface area contributed by atoms with Crippen LogP contribution in [0.3, 0.4) is 0 Å². The number of halogens is 1. The molecule has 1 aliphatic carbocycles. The Kier molecular flexibility index (Phi) is 5.60. The van der Waals surface area contributed by atoms with E-state index in [0.717, 1.165) is 19.3 Å². The first-order chi connectivity index (χ1) is 7.63. The van der Waals surface area contributed by atoms with E-state index in [1.807, 2.05) is 0 Å². The molecule has 4 nitrogen and oxygen atoms in total. The molecule has 0 aromatic carbocycles. The van der Waals surface area contributed by atoms with Gasteiger partial charge in [-0.2, -0.15) is 0 Å². The fourth-order valence-corrected chi connectivity index (χ4v) is 2.14. The average molecular weight is 247 g/mol. The molecule has 92 valence electrons. The molecule has 0 heterocycles. The molecule has 0 aliphatic heterocycles. The average Bonchev–Trinajstić information content (AvgIpc) is 2.44. The fraction of sp³-hybridized carbons (Fsp3) is 0.818. The van der Waals surface area contributed by atoms with E-state index in [1.165, 1.54) is 12.8 Å². The van der Waals surface area contributed by atoms with Crippen LogP contribution in [0.1, 0.15) is 39.0 Å². The summed E-state index contributed by atoms with van der Waals surface area (Å²) >= 11 is 5.30. The zero-order valence-corrected chi connectivity index (χ0v) is 10.3. The quantitative estimate of drug-likeness (QED) is 0.579. The van der Waals surface area contributed by atoms with Gasteiger partial charge in [0.05, 0.1) is 0 Å². The lowest BCUT2D eigenvalue weighted by atomic mass is 9.97. The Morgan fingerprint density at radius 3 is 2.62 bits per heavy atom. The zero-order valence-electron chi connectivity index (χ0n) is 9.59. The van der Waals surface area contributed by atoms with Crippen LogP contribution in [0.2, 0.25) is 0 Å². The van der Waals surface area contributed by atoms with Crippen molar-refractivity contribution < 1.29 is 9.59 Å². The van der Waals surface area contributed by atoms with Crippen LogP contribution < -0.4 is 10.6 Å². The van der Waals surface area contributed by atoms with Gasteiger partial charge in [0.1, 0.15) is 5.88 Å². The van der Waals surface area contributed by atoms with Crippen LogP contribution in [0.25, 0.3) is 0 Å². The Morgan fingerprint density at radius 2 is 1.94 bits per heavy atom. The molecule has 16 heavy (non-hydrogen) atoms. The number of rotatable bonds is 2. The first-order valence-corrected chi connectivity index (χ1v) is 6.33. The van der Waals surface area contributed by atoms with Crippen LogP contribution in [0.5, 0.6) is 0 Å². The summed E-state index contributed by atoms with van der Waals surface area (Å²) in [6.45, 7) is 2.14. The van der Waals surface area contributed by atoms with Crippen LogP contribution in [0, 0.1) is 5.92 Å². The Labute approximate surface area is 101 Å². The molecular formula is C11H19ClN2O2. The van der Waals surface area contributed by atoms with Gasteiger partial charge < -0.3 is 5.32 Å². The molecule has 0 saturated heterocycles. The van der Waals surface area contributed by atoms with E-state index >= 15 is 0 Å². The van der Waals surface area contributed by atoms with Gasteiger partial charge >= 0.3 is 6.03 Å². The van der Waals surface area contributed by atoms with E-state index in [-0.39, 0.29) is 11.9 Å². The summed E-state index contributed by atoms with van der Waals surface area (Å²) in [5, 5.41) is 5.04. The predicted octanol–water partition coefficient (Wildman–Crippen LogP) is 2.02. The molecule has 1 fully saturated rings. The molecule has 3 amide bonds. The highest BCUT2D eigenvalue weighted by molar-refractivity contribution is 6.28. The monoisotopic (exact) mass is 246 g/mol. The minimum absolute atomic E-state index is 0.172. The molecule has 0 aromatic rings. The van der Waals surface area contributed by atoms with Crippen LogP contribution in [0.4, 0.5) is 4.79 Å². The number of carbonyl (C=O) groups is 2. The summed E-state index contributed by atoms with van der Waals surface area (Å²) in [5.74, 6) is -0.173. The van der Waals surface area contributed by atoms with Crippen LogP contribution in [-0.4, -0.2) is 23.9 Å². The predicted molar refractivity (Wildman–Crippen MR) is 63.4 cm³/mol. The first-order valence-electron chi connectivity index (χ1n) is 5.79. The molecule has 1 saturated carbocycles. The van der Waals surface area contributed by atoms with Gasteiger partial charge in [-0.15, -0.1) is 11.6 Å². The second kappa shape index (κ2) is 6.74. The van der Waals surface area contributed by atoms with E-state index in [0.29, 0.717) is 5.92 Å².